The Labute approximate surface area is 192 Å². The van der Waals surface area contributed by atoms with E-state index in [4.69, 9.17) is 14.2 Å². The molecule has 0 aliphatic rings. The standard InChI is InChI=1S/C26H24N4O3/c1-31-21-12-9-19(10-13-21)24-16-23(18-7-5-4-6-8-18)28-26(29-24)30-27-17-20-11-14-22(32-2)15-25(20)33-3/h4-17H,1-3H3,(H,28,29,30)/b27-17-. The minimum absolute atomic E-state index is 0.380. The molecule has 4 rings (SSSR count). The molecule has 166 valence electrons. The number of nitrogens with one attached hydrogen (secondary N) is 1. The van der Waals surface area contributed by atoms with Gasteiger partial charge in [0.25, 0.3) is 0 Å². The van der Waals surface area contributed by atoms with Crippen LogP contribution in [-0.2, 0) is 0 Å². The Morgan fingerprint density at radius 3 is 1.97 bits per heavy atom. The Bertz CT molecular complexity index is 1240. The third-order valence-electron chi connectivity index (χ3n) is 4.99. The molecule has 4 aromatic rings. The van der Waals surface area contributed by atoms with E-state index in [0.29, 0.717) is 17.4 Å². The van der Waals surface area contributed by atoms with Crippen molar-refractivity contribution in [2.24, 2.45) is 5.10 Å². The smallest absolute Gasteiger partial charge is 0.244 e. The van der Waals surface area contributed by atoms with Crippen LogP contribution in [0.15, 0.2) is 84.0 Å². The molecule has 0 saturated carbocycles. The van der Waals surface area contributed by atoms with Crippen LogP contribution in [0.25, 0.3) is 22.5 Å². The predicted molar refractivity (Wildman–Crippen MR) is 130 cm³/mol. The van der Waals surface area contributed by atoms with Gasteiger partial charge in [0.2, 0.25) is 5.95 Å². The van der Waals surface area contributed by atoms with Gasteiger partial charge in [-0.05, 0) is 42.5 Å². The number of aromatic nitrogens is 2. The van der Waals surface area contributed by atoms with Crippen LogP contribution >= 0.6 is 0 Å². The number of ether oxygens (including phenoxy) is 3. The highest BCUT2D eigenvalue weighted by atomic mass is 16.5. The summed E-state index contributed by atoms with van der Waals surface area (Å²) in [4.78, 5) is 9.31. The topological polar surface area (TPSA) is 77.9 Å². The van der Waals surface area contributed by atoms with Crippen LogP contribution in [0.2, 0.25) is 0 Å². The molecule has 0 bridgehead atoms. The van der Waals surface area contributed by atoms with E-state index in [1.807, 2.05) is 72.8 Å². The second-order valence-corrected chi connectivity index (χ2v) is 7.03. The summed E-state index contributed by atoms with van der Waals surface area (Å²) >= 11 is 0. The lowest BCUT2D eigenvalue weighted by Gasteiger charge is -2.09. The van der Waals surface area contributed by atoms with E-state index in [9.17, 15) is 0 Å². The van der Waals surface area contributed by atoms with Gasteiger partial charge in [0.05, 0.1) is 38.9 Å². The average Bonchev–Trinajstić information content (AvgIpc) is 2.89. The Morgan fingerprint density at radius 2 is 1.33 bits per heavy atom. The molecule has 0 aliphatic carbocycles. The van der Waals surface area contributed by atoms with E-state index in [0.717, 1.165) is 33.8 Å². The number of nitrogens with zero attached hydrogens (tertiary/aromatic N) is 3. The Morgan fingerprint density at radius 1 is 0.697 bits per heavy atom. The summed E-state index contributed by atoms with van der Waals surface area (Å²) < 4.78 is 15.9. The first-order valence-electron chi connectivity index (χ1n) is 10.3. The van der Waals surface area contributed by atoms with E-state index in [1.54, 1.807) is 33.6 Å². The fourth-order valence-electron chi connectivity index (χ4n) is 3.25. The maximum atomic E-state index is 5.42. The summed E-state index contributed by atoms with van der Waals surface area (Å²) in [7, 11) is 4.86. The van der Waals surface area contributed by atoms with E-state index < -0.39 is 0 Å². The normalized spacial score (nSPS) is 10.8. The molecule has 1 heterocycles. The SMILES string of the molecule is COc1ccc(-c2cc(-c3ccccc3)nc(N/N=C\c3ccc(OC)cc3OC)n2)cc1. The van der Waals surface area contributed by atoms with E-state index >= 15 is 0 Å². The van der Waals surface area contributed by atoms with E-state index in [-0.39, 0.29) is 0 Å². The van der Waals surface area contributed by atoms with Crippen LogP contribution in [-0.4, -0.2) is 37.5 Å². The molecule has 0 unspecified atom stereocenters. The molecular formula is C26H24N4O3. The molecule has 0 spiro atoms. The summed E-state index contributed by atoms with van der Waals surface area (Å²) in [6, 6.07) is 25.2. The van der Waals surface area contributed by atoms with Crippen LogP contribution in [0.1, 0.15) is 5.56 Å². The highest BCUT2D eigenvalue weighted by Crippen LogP contribution is 2.27. The highest BCUT2D eigenvalue weighted by Gasteiger charge is 2.09. The molecule has 7 heteroatoms. The highest BCUT2D eigenvalue weighted by molar-refractivity contribution is 5.84. The third kappa shape index (κ3) is 5.27. The molecule has 0 atom stereocenters. The van der Waals surface area contributed by atoms with Gasteiger partial charge >= 0.3 is 0 Å². The van der Waals surface area contributed by atoms with Crippen LogP contribution < -0.4 is 19.6 Å². The van der Waals surface area contributed by atoms with Gasteiger partial charge in [0.15, 0.2) is 0 Å². The van der Waals surface area contributed by atoms with Gasteiger partial charge in [-0.3, -0.25) is 0 Å². The van der Waals surface area contributed by atoms with Crippen molar-refractivity contribution >= 4 is 12.2 Å². The molecule has 0 amide bonds. The predicted octanol–water partition coefficient (Wildman–Crippen LogP) is 5.28. The van der Waals surface area contributed by atoms with Crippen molar-refractivity contribution in [2.75, 3.05) is 26.8 Å². The first kappa shape index (κ1) is 21.8. The Balaban J connectivity index is 1.66. The van der Waals surface area contributed by atoms with Crippen molar-refractivity contribution in [3.05, 3.63) is 84.4 Å². The summed E-state index contributed by atoms with van der Waals surface area (Å²) in [5, 5.41) is 4.33. The number of rotatable bonds is 8. The van der Waals surface area contributed by atoms with Gasteiger partial charge in [-0.25, -0.2) is 15.4 Å². The zero-order chi connectivity index (χ0) is 23.0. The van der Waals surface area contributed by atoms with Crippen molar-refractivity contribution in [1.29, 1.82) is 0 Å². The van der Waals surface area contributed by atoms with Crippen molar-refractivity contribution in [3.8, 4) is 39.8 Å². The van der Waals surface area contributed by atoms with Gasteiger partial charge in [-0.2, -0.15) is 5.10 Å². The maximum Gasteiger partial charge on any atom is 0.244 e. The molecule has 3 aromatic carbocycles. The Hall–Kier alpha value is -4.39. The van der Waals surface area contributed by atoms with Gasteiger partial charge < -0.3 is 14.2 Å². The van der Waals surface area contributed by atoms with E-state index in [2.05, 4.69) is 20.5 Å². The summed E-state index contributed by atoms with van der Waals surface area (Å²) in [6.45, 7) is 0. The number of hydrogen-bond donors (Lipinski definition) is 1. The number of hydrazone groups is 1. The molecule has 33 heavy (non-hydrogen) atoms. The largest absolute Gasteiger partial charge is 0.497 e. The molecule has 0 aliphatic heterocycles. The molecule has 0 fully saturated rings. The minimum atomic E-state index is 0.380. The van der Waals surface area contributed by atoms with Crippen LogP contribution in [0.3, 0.4) is 0 Å². The van der Waals surface area contributed by atoms with Crippen molar-refractivity contribution < 1.29 is 14.2 Å². The number of benzene rings is 3. The second kappa shape index (κ2) is 10.3. The lowest BCUT2D eigenvalue weighted by atomic mass is 10.1. The minimum Gasteiger partial charge on any atom is -0.497 e. The van der Waals surface area contributed by atoms with Gasteiger partial charge in [0.1, 0.15) is 17.2 Å². The van der Waals surface area contributed by atoms with E-state index in [1.165, 1.54) is 0 Å². The van der Waals surface area contributed by atoms with Gasteiger partial charge in [-0.15, -0.1) is 0 Å². The third-order valence-corrected chi connectivity index (χ3v) is 4.99. The Kier molecular flexibility index (Phi) is 6.80. The van der Waals surface area contributed by atoms with Gasteiger partial charge in [0, 0.05) is 22.8 Å². The lowest BCUT2D eigenvalue weighted by molar-refractivity contribution is 0.394. The molecule has 7 nitrogen and oxygen atoms in total. The second-order valence-electron chi connectivity index (χ2n) is 7.03. The quantitative estimate of drug-likeness (QED) is 0.297. The number of hydrogen-bond acceptors (Lipinski definition) is 7. The number of methoxy groups -OCH3 is 3. The average molecular weight is 441 g/mol. The van der Waals surface area contributed by atoms with Gasteiger partial charge in [-0.1, -0.05) is 30.3 Å². The van der Waals surface area contributed by atoms with Crippen molar-refractivity contribution in [1.82, 2.24) is 9.97 Å². The maximum absolute atomic E-state index is 5.42. The van der Waals surface area contributed by atoms with Crippen LogP contribution in [0, 0.1) is 0 Å². The zero-order valence-corrected chi connectivity index (χ0v) is 18.6. The van der Waals surface area contributed by atoms with Crippen LogP contribution in [0.5, 0.6) is 17.2 Å². The molecule has 1 aromatic heterocycles. The zero-order valence-electron chi connectivity index (χ0n) is 18.6. The fourth-order valence-corrected chi connectivity index (χ4v) is 3.25. The molecule has 0 saturated heterocycles. The summed E-state index contributed by atoms with van der Waals surface area (Å²) in [6.07, 6.45) is 1.66. The molecule has 1 N–H and O–H groups in total. The lowest BCUT2D eigenvalue weighted by Crippen LogP contribution is -2.01. The summed E-state index contributed by atoms with van der Waals surface area (Å²) in [5.74, 6) is 2.52. The summed E-state index contributed by atoms with van der Waals surface area (Å²) in [5.41, 5.74) is 7.23. The first-order valence-corrected chi connectivity index (χ1v) is 10.3. The van der Waals surface area contributed by atoms with Crippen molar-refractivity contribution in [3.63, 3.8) is 0 Å². The monoisotopic (exact) mass is 440 g/mol. The van der Waals surface area contributed by atoms with Crippen LogP contribution in [0.4, 0.5) is 5.95 Å². The molecule has 0 radical (unpaired) electrons. The fraction of sp³-hybridized carbons (Fsp3) is 0.115. The first-order chi connectivity index (χ1) is 16.2. The molecular weight excluding hydrogens is 416 g/mol. The number of anilines is 1. The van der Waals surface area contributed by atoms with Crippen molar-refractivity contribution in [2.45, 2.75) is 0 Å².